The van der Waals surface area contributed by atoms with Gasteiger partial charge in [-0.15, -0.1) is 0 Å². The molecule has 0 spiro atoms. The Morgan fingerprint density at radius 1 is 1.56 bits per heavy atom. The van der Waals surface area contributed by atoms with Gasteiger partial charge in [0, 0.05) is 36.6 Å². The van der Waals surface area contributed by atoms with Crippen molar-refractivity contribution in [2.45, 2.75) is 45.2 Å². The molecule has 1 aliphatic carbocycles. The van der Waals surface area contributed by atoms with Crippen molar-refractivity contribution in [1.29, 1.82) is 0 Å². The molecule has 4 nitrogen and oxygen atoms in total. The lowest BCUT2D eigenvalue weighted by Crippen LogP contribution is -2.36. The van der Waals surface area contributed by atoms with Crippen LogP contribution in [0, 0.1) is 0 Å². The molecular formula is C11H20N4S. The summed E-state index contributed by atoms with van der Waals surface area (Å²) in [6.45, 7) is 5.29. The van der Waals surface area contributed by atoms with Gasteiger partial charge in [0.15, 0.2) is 0 Å². The summed E-state index contributed by atoms with van der Waals surface area (Å²) < 4.78 is 4.26. The van der Waals surface area contributed by atoms with Gasteiger partial charge in [-0.3, -0.25) is 4.90 Å². The summed E-state index contributed by atoms with van der Waals surface area (Å²) in [5, 5.41) is 4.32. The topological polar surface area (TPSA) is 41.1 Å². The second-order valence-corrected chi connectivity index (χ2v) is 5.25. The molecule has 90 valence electrons. The Balaban J connectivity index is 1.77. The van der Waals surface area contributed by atoms with E-state index in [0.717, 1.165) is 30.0 Å². The molecule has 1 N–H and O–H groups in total. The minimum absolute atomic E-state index is 0.557. The van der Waals surface area contributed by atoms with Gasteiger partial charge in [0.2, 0.25) is 5.13 Å². The maximum atomic E-state index is 4.40. The molecular weight excluding hydrogens is 220 g/mol. The lowest BCUT2D eigenvalue weighted by molar-refractivity contribution is 0.257. The molecule has 0 aliphatic heterocycles. The molecule has 0 amide bonds. The fourth-order valence-corrected chi connectivity index (χ4v) is 2.35. The molecule has 0 bridgehead atoms. The van der Waals surface area contributed by atoms with Gasteiger partial charge in [-0.2, -0.15) is 4.37 Å². The number of nitrogens with zero attached hydrogens (tertiary/aromatic N) is 3. The minimum Gasteiger partial charge on any atom is -0.359 e. The van der Waals surface area contributed by atoms with Crippen LogP contribution in [0.4, 0.5) is 5.13 Å². The molecule has 0 saturated heterocycles. The Hall–Kier alpha value is -0.680. The molecule has 0 aromatic carbocycles. The highest BCUT2D eigenvalue weighted by molar-refractivity contribution is 7.09. The third-order valence-corrected chi connectivity index (χ3v) is 3.86. The SMILES string of the molecule is CCc1nsc(NCC(C)N(C)C2CC2)n1. The van der Waals surface area contributed by atoms with E-state index in [2.05, 4.69) is 40.5 Å². The molecule has 1 aromatic rings. The monoisotopic (exact) mass is 240 g/mol. The summed E-state index contributed by atoms with van der Waals surface area (Å²) in [7, 11) is 2.21. The molecule has 1 unspecified atom stereocenters. The van der Waals surface area contributed by atoms with Crippen molar-refractivity contribution in [2.24, 2.45) is 0 Å². The second-order valence-electron chi connectivity index (χ2n) is 4.50. The van der Waals surface area contributed by atoms with Crippen LogP contribution in [-0.2, 0) is 6.42 Å². The maximum absolute atomic E-state index is 4.40. The zero-order valence-corrected chi connectivity index (χ0v) is 11.0. The third kappa shape index (κ3) is 2.92. The molecule has 16 heavy (non-hydrogen) atoms. The predicted octanol–water partition coefficient (Wildman–Crippen LogP) is 2.00. The molecule has 1 heterocycles. The van der Waals surface area contributed by atoms with E-state index in [-0.39, 0.29) is 0 Å². The molecule has 1 saturated carbocycles. The van der Waals surface area contributed by atoms with Crippen LogP contribution in [0.3, 0.4) is 0 Å². The first kappa shape index (κ1) is 11.8. The normalized spacial score (nSPS) is 17.8. The Kier molecular flexibility index (Phi) is 3.76. The number of nitrogens with one attached hydrogen (secondary N) is 1. The highest BCUT2D eigenvalue weighted by atomic mass is 32.1. The molecule has 1 aliphatic rings. The molecule has 5 heteroatoms. The van der Waals surface area contributed by atoms with Gasteiger partial charge in [0.25, 0.3) is 0 Å². The summed E-state index contributed by atoms with van der Waals surface area (Å²) in [4.78, 5) is 6.85. The van der Waals surface area contributed by atoms with E-state index in [9.17, 15) is 0 Å². The van der Waals surface area contributed by atoms with Crippen molar-refractivity contribution in [1.82, 2.24) is 14.3 Å². The smallest absolute Gasteiger partial charge is 0.202 e. The highest BCUT2D eigenvalue weighted by Crippen LogP contribution is 2.27. The van der Waals surface area contributed by atoms with Crippen molar-refractivity contribution in [2.75, 3.05) is 18.9 Å². The quantitative estimate of drug-likeness (QED) is 0.825. The van der Waals surface area contributed by atoms with Gasteiger partial charge < -0.3 is 5.32 Å². The van der Waals surface area contributed by atoms with Gasteiger partial charge in [-0.05, 0) is 26.8 Å². The Morgan fingerprint density at radius 2 is 2.31 bits per heavy atom. The van der Waals surface area contributed by atoms with Crippen LogP contribution < -0.4 is 5.32 Å². The minimum atomic E-state index is 0.557. The van der Waals surface area contributed by atoms with Gasteiger partial charge in [0.05, 0.1) is 0 Å². The lowest BCUT2D eigenvalue weighted by atomic mass is 10.3. The molecule has 0 radical (unpaired) electrons. The standard InChI is InChI=1S/C11H20N4S/c1-4-10-13-11(16-14-10)12-7-8(2)15(3)9-5-6-9/h8-9H,4-7H2,1-3H3,(H,12,13,14). The molecule has 1 aromatic heterocycles. The largest absolute Gasteiger partial charge is 0.359 e. The molecule has 1 fully saturated rings. The van der Waals surface area contributed by atoms with Crippen molar-refractivity contribution in [3.8, 4) is 0 Å². The van der Waals surface area contributed by atoms with Crippen molar-refractivity contribution in [3.63, 3.8) is 0 Å². The van der Waals surface area contributed by atoms with Crippen LogP contribution in [0.2, 0.25) is 0 Å². The number of hydrogen-bond donors (Lipinski definition) is 1. The fourth-order valence-electron chi connectivity index (χ4n) is 1.69. The number of aryl methyl sites for hydroxylation is 1. The lowest BCUT2D eigenvalue weighted by Gasteiger charge is -2.24. The van der Waals surface area contributed by atoms with E-state index < -0.39 is 0 Å². The number of rotatable bonds is 6. The highest BCUT2D eigenvalue weighted by Gasteiger charge is 2.28. The number of likely N-dealkylation sites (N-methyl/N-ethyl adjacent to an activating group) is 1. The van der Waals surface area contributed by atoms with Crippen molar-refractivity contribution in [3.05, 3.63) is 5.82 Å². The van der Waals surface area contributed by atoms with Gasteiger partial charge in [0.1, 0.15) is 5.82 Å². The zero-order chi connectivity index (χ0) is 11.5. The Morgan fingerprint density at radius 3 is 2.88 bits per heavy atom. The van der Waals surface area contributed by atoms with Crippen LogP contribution in [0.5, 0.6) is 0 Å². The van der Waals surface area contributed by atoms with Crippen LogP contribution in [0.25, 0.3) is 0 Å². The number of aromatic nitrogens is 2. The van der Waals surface area contributed by atoms with E-state index >= 15 is 0 Å². The van der Waals surface area contributed by atoms with E-state index in [1.165, 1.54) is 24.4 Å². The maximum Gasteiger partial charge on any atom is 0.202 e. The van der Waals surface area contributed by atoms with Crippen molar-refractivity contribution >= 4 is 16.7 Å². The first-order chi connectivity index (χ1) is 7.70. The summed E-state index contributed by atoms with van der Waals surface area (Å²) in [6.07, 6.45) is 3.63. The van der Waals surface area contributed by atoms with Crippen LogP contribution in [-0.4, -0.2) is 39.9 Å². The number of anilines is 1. The van der Waals surface area contributed by atoms with Gasteiger partial charge in [-0.1, -0.05) is 6.92 Å². The van der Waals surface area contributed by atoms with E-state index in [1.807, 2.05) is 0 Å². The van der Waals surface area contributed by atoms with Gasteiger partial charge in [-0.25, -0.2) is 4.98 Å². The summed E-state index contributed by atoms with van der Waals surface area (Å²) in [5.74, 6) is 0.940. The average Bonchev–Trinajstić information content (AvgIpc) is 3.04. The first-order valence-electron chi connectivity index (χ1n) is 5.99. The van der Waals surface area contributed by atoms with E-state index in [4.69, 9.17) is 0 Å². The first-order valence-corrected chi connectivity index (χ1v) is 6.76. The summed E-state index contributed by atoms with van der Waals surface area (Å²) >= 11 is 1.46. The summed E-state index contributed by atoms with van der Waals surface area (Å²) in [5.41, 5.74) is 0. The van der Waals surface area contributed by atoms with Gasteiger partial charge >= 0.3 is 0 Å². The Bertz CT molecular complexity index is 334. The predicted molar refractivity (Wildman–Crippen MR) is 68.0 cm³/mol. The second kappa shape index (κ2) is 5.10. The summed E-state index contributed by atoms with van der Waals surface area (Å²) in [6, 6.07) is 1.37. The average molecular weight is 240 g/mol. The van der Waals surface area contributed by atoms with Crippen molar-refractivity contribution < 1.29 is 0 Å². The zero-order valence-electron chi connectivity index (χ0n) is 10.2. The fraction of sp³-hybridized carbons (Fsp3) is 0.818. The number of hydrogen-bond acceptors (Lipinski definition) is 5. The van der Waals surface area contributed by atoms with Crippen LogP contribution in [0.1, 0.15) is 32.5 Å². The molecule has 1 atom stereocenters. The molecule has 2 rings (SSSR count). The van der Waals surface area contributed by atoms with Crippen LogP contribution >= 0.6 is 11.5 Å². The van der Waals surface area contributed by atoms with Crippen LogP contribution in [0.15, 0.2) is 0 Å². The Labute approximate surface area is 101 Å². The van der Waals surface area contributed by atoms with E-state index in [1.54, 1.807) is 0 Å². The third-order valence-electron chi connectivity index (χ3n) is 3.15. The van der Waals surface area contributed by atoms with E-state index in [0.29, 0.717) is 6.04 Å².